The molecule has 0 aliphatic carbocycles. The molecular weight excluding hydrogens is 306 g/mol. The molecule has 1 aromatic heterocycles. The molecule has 3 rings (SSSR count). The molecule has 1 aromatic carbocycles. The number of imidazole rings is 1. The fourth-order valence-electron chi connectivity index (χ4n) is 3.10. The monoisotopic (exact) mass is 331 g/mol. The summed E-state index contributed by atoms with van der Waals surface area (Å²) in [5.41, 5.74) is 3.33. The van der Waals surface area contributed by atoms with Gasteiger partial charge in [0.2, 0.25) is 0 Å². The van der Waals surface area contributed by atoms with E-state index in [-0.39, 0.29) is 5.97 Å². The lowest BCUT2D eigenvalue weighted by Gasteiger charge is -2.28. The third-order valence-electron chi connectivity index (χ3n) is 4.42. The van der Waals surface area contributed by atoms with Gasteiger partial charge in [0.25, 0.3) is 0 Å². The zero-order chi connectivity index (χ0) is 16.9. The number of aromatic nitrogens is 2. The van der Waals surface area contributed by atoms with Gasteiger partial charge in [-0.2, -0.15) is 0 Å². The van der Waals surface area contributed by atoms with Gasteiger partial charge in [-0.05, 0) is 31.5 Å². The zero-order valence-electron chi connectivity index (χ0n) is 14.5. The topological polar surface area (TPSA) is 56.6 Å². The Morgan fingerprint density at radius 1 is 1.33 bits per heavy atom. The number of ether oxygens (including phenoxy) is 2. The number of anilines is 1. The van der Waals surface area contributed by atoms with Gasteiger partial charge in [0.05, 0.1) is 30.9 Å². The van der Waals surface area contributed by atoms with Crippen molar-refractivity contribution in [1.29, 1.82) is 0 Å². The van der Waals surface area contributed by atoms with E-state index in [0.29, 0.717) is 13.0 Å². The zero-order valence-corrected chi connectivity index (χ0v) is 14.5. The molecule has 0 unspecified atom stereocenters. The highest BCUT2D eigenvalue weighted by Crippen LogP contribution is 2.23. The van der Waals surface area contributed by atoms with Crippen LogP contribution in [0.3, 0.4) is 0 Å². The Balaban J connectivity index is 1.70. The van der Waals surface area contributed by atoms with E-state index in [9.17, 15) is 4.79 Å². The first-order valence-corrected chi connectivity index (χ1v) is 8.62. The molecule has 24 heavy (non-hydrogen) atoms. The number of esters is 1. The Hall–Kier alpha value is -2.08. The summed E-state index contributed by atoms with van der Waals surface area (Å²) < 4.78 is 12.5. The number of nitrogens with zero attached hydrogens (tertiary/aromatic N) is 3. The van der Waals surface area contributed by atoms with Crippen LogP contribution in [0.5, 0.6) is 0 Å². The van der Waals surface area contributed by atoms with Gasteiger partial charge in [0.15, 0.2) is 0 Å². The number of carbonyl (C=O) groups excluding carboxylic acids is 1. The van der Waals surface area contributed by atoms with Crippen molar-refractivity contribution in [2.75, 3.05) is 37.8 Å². The van der Waals surface area contributed by atoms with Crippen LogP contribution in [0.4, 0.5) is 5.69 Å². The summed E-state index contributed by atoms with van der Waals surface area (Å²) in [5, 5.41) is 0. The molecule has 0 amide bonds. The lowest BCUT2D eigenvalue weighted by Crippen LogP contribution is -2.36. The molecule has 6 nitrogen and oxygen atoms in total. The van der Waals surface area contributed by atoms with Crippen LogP contribution in [0.25, 0.3) is 11.0 Å². The molecule has 1 aliphatic rings. The van der Waals surface area contributed by atoms with Gasteiger partial charge in [-0.25, -0.2) is 4.98 Å². The lowest BCUT2D eigenvalue weighted by molar-refractivity contribution is -0.143. The third-order valence-corrected chi connectivity index (χ3v) is 4.42. The molecule has 1 aliphatic heterocycles. The van der Waals surface area contributed by atoms with E-state index in [4.69, 9.17) is 14.5 Å². The highest BCUT2D eigenvalue weighted by molar-refractivity contribution is 5.80. The summed E-state index contributed by atoms with van der Waals surface area (Å²) in [6, 6.07) is 6.43. The average Bonchev–Trinajstić information content (AvgIpc) is 2.91. The number of benzene rings is 1. The minimum Gasteiger partial charge on any atom is -0.466 e. The van der Waals surface area contributed by atoms with Crippen molar-refractivity contribution in [1.82, 2.24) is 9.55 Å². The van der Waals surface area contributed by atoms with Crippen molar-refractivity contribution in [3.05, 3.63) is 24.0 Å². The Kier molecular flexibility index (Phi) is 5.35. The van der Waals surface area contributed by atoms with E-state index in [1.54, 1.807) is 0 Å². The van der Waals surface area contributed by atoms with Crippen LogP contribution in [0.2, 0.25) is 0 Å². The second kappa shape index (κ2) is 7.66. The van der Waals surface area contributed by atoms with E-state index >= 15 is 0 Å². The lowest BCUT2D eigenvalue weighted by atomic mass is 10.2. The molecule has 0 atom stereocenters. The number of carbonyl (C=O) groups is 1. The first-order valence-electron chi connectivity index (χ1n) is 8.62. The predicted octanol–water partition coefficient (Wildman–Crippen LogP) is 2.30. The Labute approximate surface area is 142 Å². The molecule has 2 heterocycles. The van der Waals surface area contributed by atoms with Crippen molar-refractivity contribution in [3.63, 3.8) is 0 Å². The first kappa shape index (κ1) is 16.8. The van der Waals surface area contributed by atoms with Crippen molar-refractivity contribution in [2.45, 2.75) is 26.2 Å². The molecule has 2 aromatic rings. The molecular formula is C18H25N3O3. The SMILES string of the molecule is CCOC(=O)CCCc1nc2cc(N3CCOCC3)ccc2n1C. The molecule has 0 spiro atoms. The number of morpholine rings is 1. The molecule has 0 saturated carbocycles. The van der Waals surface area contributed by atoms with Crippen molar-refractivity contribution in [2.24, 2.45) is 7.05 Å². The van der Waals surface area contributed by atoms with Gasteiger partial charge in [0.1, 0.15) is 5.82 Å². The van der Waals surface area contributed by atoms with Crippen LogP contribution in [-0.2, 0) is 27.7 Å². The number of rotatable bonds is 6. The first-order chi connectivity index (χ1) is 11.7. The number of aryl methyl sites for hydroxylation is 2. The Morgan fingerprint density at radius 2 is 2.12 bits per heavy atom. The van der Waals surface area contributed by atoms with E-state index in [1.165, 1.54) is 5.69 Å². The molecule has 0 N–H and O–H groups in total. The third kappa shape index (κ3) is 3.70. The van der Waals surface area contributed by atoms with E-state index in [0.717, 1.165) is 56.0 Å². The predicted molar refractivity (Wildman–Crippen MR) is 93.3 cm³/mol. The fourth-order valence-corrected chi connectivity index (χ4v) is 3.10. The van der Waals surface area contributed by atoms with Gasteiger partial charge < -0.3 is 18.9 Å². The summed E-state index contributed by atoms with van der Waals surface area (Å²) in [6.45, 7) is 5.67. The minimum absolute atomic E-state index is 0.133. The van der Waals surface area contributed by atoms with Crippen LogP contribution >= 0.6 is 0 Å². The van der Waals surface area contributed by atoms with E-state index in [1.807, 2.05) is 14.0 Å². The number of hydrogen-bond acceptors (Lipinski definition) is 5. The smallest absolute Gasteiger partial charge is 0.305 e. The fraction of sp³-hybridized carbons (Fsp3) is 0.556. The van der Waals surface area contributed by atoms with Gasteiger partial charge in [-0.15, -0.1) is 0 Å². The van der Waals surface area contributed by atoms with Gasteiger partial charge in [-0.1, -0.05) is 0 Å². The Morgan fingerprint density at radius 3 is 2.88 bits per heavy atom. The van der Waals surface area contributed by atoms with E-state index < -0.39 is 0 Å². The molecule has 0 radical (unpaired) electrons. The summed E-state index contributed by atoms with van der Waals surface area (Å²) in [7, 11) is 2.03. The second-order valence-electron chi connectivity index (χ2n) is 6.02. The van der Waals surface area contributed by atoms with E-state index in [2.05, 4.69) is 27.7 Å². The highest BCUT2D eigenvalue weighted by atomic mass is 16.5. The van der Waals surface area contributed by atoms with Crippen molar-refractivity contribution >= 4 is 22.7 Å². The number of hydrogen-bond donors (Lipinski definition) is 0. The van der Waals surface area contributed by atoms with Crippen LogP contribution in [0.1, 0.15) is 25.6 Å². The van der Waals surface area contributed by atoms with Gasteiger partial charge >= 0.3 is 5.97 Å². The molecule has 1 fully saturated rings. The van der Waals surface area contributed by atoms with Crippen molar-refractivity contribution in [3.8, 4) is 0 Å². The summed E-state index contributed by atoms with van der Waals surface area (Å²) in [6.07, 6.45) is 1.97. The van der Waals surface area contributed by atoms with Crippen molar-refractivity contribution < 1.29 is 14.3 Å². The van der Waals surface area contributed by atoms with Crippen LogP contribution < -0.4 is 4.90 Å². The Bertz CT molecular complexity index is 705. The normalized spacial score (nSPS) is 15.0. The molecule has 6 heteroatoms. The quantitative estimate of drug-likeness (QED) is 0.760. The standard InChI is InChI=1S/C18H25N3O3/c1-3-24-18(22)6-4-5-17-19-15-13-14(7-8-16(15)20(17)2)21-9-11-23-12-10-21/h7-8,13H,3-6,9-12H2,1-2H3. The van der Waals surface area contributed by atoms with Crippen LogP contribution in [0, 0.1) is 0 Å². The number of fused-ring (bicyclic) bond motifs is 1. The maximum Gasteiger partial charge on any atom is 0.305 e. The molecule has 0 bridgehead atoms. The second-order valence-corrected chi connectivity index (χ2v) is 6.02. The largest absolute Gasteiger partial charge is 0.466 e. The van der Waals surface area contributed by atoms with Gasteiger partial charge in [0, 0.05) is 38.7 Å². The summed E-state index contributed by atoms with van der Waals surface area (Å²) in [5.74, 6) is 0.874. The summed E-state index contributed by atoms with van der Waals surface area (Å²) in [4.78, 5) is 18.5. The molecule has 130 valence electrons. The van der Waals surface area contributed by atoms with Crippen LogP contribution in [0.15, 0.2) is 18.2 Å². The molecule has 1 saturated heterocycles. The average molecular weight is 331 g/mol. The van der Waals surface area contributed by atoms with Crippen LogP contribution in [-0.4, -0.2) is 48.4 Å². The minimum atomic E-state index is -0.133. The summed E-state index contributed by atoms with van der Waals surface area (Å²) >= 11 is 0. The maximum atomic E-state index is 11.4. The highest BCUT2D eigenvalue weighted by Gasteiger charge is 2.14. The maximum absolute atomic E-state index is 11.4. The van der Waals surface area contributed by atoms with Gasteiger partial charge in [-0.3, -0.25) is 4.79 Å².